The molecule has 0 aliphatic rings. The van der Waals surface area contributed by atoms with Gasteiger partial charge in [0, 0.05) is 0 Å². The normalized spacial score (nSPS) is 10.3. The lowest BCUT2D eigenvalue weighted by Gasteiger charge is -1.97. The first-order valence-electron chi connectivity index (χ1n) is 3.24. The predicted molar refractivity (Wildman–Crippen MR) is 44.8 cm³/mol. The van der Waals surface area contributed by atoms with Crippen LogP contribution in [0.5, 0.6) is 5.75 Å². The van der Waals surface area contributed by atoms with E-state index in [0.29, 0.717) is 0 Å². The van der Waals surface area contributed by atoms with Gasteiger partial charge in [-0.15, -0.1) is 0 Å². The van der Waals surface area contributed by atoms with Crippen LogP contribution < -0.4 is 10.6 Å². The Hall–Kier alpha value is -1.51. The van der Waals surface area contributed by atoms with Gasteiger partial charge in [0.2, 0.25) is 0 Å². The Morgan fingerprint density at radius 1 is 1.36 bits per heavy atom. The van der Waals surface area contributed by atoms with Gasteiger partial charge in [0.15, 0.2) is 0 Å². The van der Waals surface area contributed by atoms with Crippen LogP contribution in [-0.4, -0.2) is 13.3 Å². The third-order valence-electron chi connectivity index (χ3n) is 1.34. The zero-order valence-corrected chi connectivity index (χ0v) is 6.32. The first-order chi connectivity index (χ1) is 5.36. The number of rotatable bonds is 2. The molecule has 0 fully saturated rings. The molecule has 0 amide bonds. The van der Waals surface area contributed by atoms with Gasteiger partial charge in [0.05, 0.1) is 13.3 Å². The summed E-state index contributed by atoms with van der Waals surface area (Å²) in [7, 11) is 1.63. The second-order valence-corrected chi connectivity index (χ2v) is 2.05. The van der Waals surface area contributed by atoms with Gasteiger partial charge in [-0.3, -0.25) is 0 Å². The lowest BCUT2D eigenvalue weighted by atomic mass is 10.2. The van der Waals surface area contributed by atoms with Gasteiger partial charge in [0.1, 0.15) is 5.75 Å². The molecule has 0 saturated carbocycles. The van der Waals surface area contributed by atoms with Crippen LogP contribution in [0.4, 0.5) is 0 Å². The summed E-state index contributed by atoms with van der Waals surface area (Å²) in [6.07, 6.45) is 1.58. The van der Waals surface area contributed by atoms with Crippen LogP contribution in [0.15, 0.2) is 29.4 Å². The SMILES string of the molecule is COc1ccc(/C=N\N)cc1. The smallest absolute Gasteiger partial charge is 0.118 e. The monoisotopic (exact) mass is 150 g/mol. The van der Waals surface area contributed by atoms with Crippen molar-refractivity contribution in [2.45, 2.75) is 0 Å². The fourth-order valence-corrected chi connectivity index (χ4v) is 0.776. The first kappa shape index (κ1) is 7.60. The maximum atomic E-state index is 4.97. The van der Waals surface area contributed by atoms with Gasteiger partial charge < -0.3 is 10.6 Å². The molecule has 0 aromatic heterocycles. The molecule has 1 aromatic rings. The van der Waals surface area contributed by atoms with E-state index >= 15 is 0 Å². The maximum Gasteiger partial charge on any atom is 0.118 e. The van der Waals surface area contributed by atoms with Gasteiger partial charge in [-0.1, -0.05) is 0 Å². The zero-order valence-electron chi connectivity index (χ0n) is 6.32. The summed E-state index contributed by atoms with van der Waals surface area (Å²) >= 11 is 0. The first-order valence-corrected chi connectivity index (χ1v) is 3.24. The molecule has 0 atom stereocenters. The highest BCUT2D eigenvalue weighted by Gasteiger charge is 1.88. The van der Waals surface area contributed by atoms with Crippen LogP contribution in [0.2, 0.25) is 0 Å². The van der Waals surface area contributed by atoms with Crippen molar-refractivity contribution < 1.29 is 4.74 Å². The summed E-state index contributed by atoms with van der Waals surface area (Å²) in [5.74, 6) is 5.80. The number of hydrogen-bond donors (Lipinski definition) is 1. The molecule has 0 saturated heterocycles. The summed E-state index contributed by atoms with van der Waals surface area (Å²) in [6, 6.07) is 7.48. The van der Waals surface area contributed by atoms with Crippen molar-refractivity contribution >= 4 is 6.21 Å². The van der Waals surface area contributed by atoms with Crippen molar-refractivity contribution in [1.82, 2.24) is 0 Å². The molecule has 0 heterocycles. The molecule has 0 aliphatic carbocycles. The van der Waals surface area contributed by atoms with Crippen molar-refractivity contribution in [3.63, 3.8) is 0 Å². The zero-order chi connectivity index (χ0) is 8.10. The second-order valence-electron chi connectivity index (χ2n) is 2.05. The highest BCUT2D eigenvalue weighted by atomic mass is 16.5. The van der Waals surface area contributed by atoms with E-state index in [1.807, 2.05) is 24.3 Å². The lowest BCUT2D eigenvalue weighted by molar-refractivity contribution is 0.415. The summed E-state index contributed by atoms with van der Waals surface area (Å²) < 4.78 is 4.97. The molecular weight excluding hydrogens is 140 g/mol. The van der Waals surface area contributed by atoms with E-state index in [4.69, 9.17) is 10.6 Å². The van der Waals surface area contributed by atoms with Crippen molar-refractivity contribution in [3.8, 4) is 5.75 Å². The van der Waals surface area contributed by atoms with Gasteiger partial charge in [-0.25, -0.2) is 0 Å². The van der Waals surface area contributed by atoms with Gasteiger partial charge in [-0.05, 0) is 29.8 Å². The van der Waals surface area contributed by atoms with Gasteiger partial charge in [-0.2, -0.15) is 5.10 Å². The predicted octanol–water partition coefficient (Wildman–Crippen LogP) is 0.988. The summed E-state index contributed by atoms with van der Waals surface area (Å²) in [5.41, 5.74) is 0.966. The molecule has 0 aliphatic heterocycles. The number of nitrogens with zero attached hydrogens (tertiary/aromatic N) is 1. The van der Waals surface area contributed by atoms with Crippen LogP contribution in [0.25, 0.3) is 0 Å². The molecule has 1 rings (SSSR count). The van der Waals surface area contributed by atoms with E-state index in [1.54, 1.807) is 13.3 Å². The summed E-state index contributed by atoms with van der Waals surface area (Å²) in [6.45, 7) is 0. The van der Waals surface area contributed by atoms with Crippen LogP contribution in [-0.2, 0) is 0 Å². The van der Waals surface area contributed by atoms with Gasteiger partial charge in [0.25, 0.3) is 0 Å². The highest BCUT2D eigenvalue weighted by molar-refractivity contribution is 5.79. The molecule has 0 radical (unpaired) electrons. The van der Waals surface area contributed by atoms with E-state index in [2.05, 4.69) is 5.10 Å². The third-order valence-corrected chi connectivity index (χ3v) is 1.34. The van der Waals surface area contributed by atoms with E-state index in [9.17, 15) is 0 Å². The lowest BCUT2D eigenvalue weighted by Crippen LogP contribution is -1.87. The largest absolute Gasteiger partial charge is 0.497 e. The van der Waals surface area contributed by atoms with Crippen molar-refractivity contribution in [3.05, 3.63) is 29.8 Å². The molecule has 3 nitrogen and oxygen atoms in total. The number of methoxy groups -OCH3 is 1. The van der Waals surface area contributed by atoms with Crippen LogP contribution in [0, 0.1) is 0 Å². The molecule has 3 heteroatoms. The number of hydrazone groups is 1. The average molecular weight is 150 g/mol. The van der Waals surface area contributed by atoms with Crippen LogP contribution in [0.1, 0.15) is 5.56 Å². The van der Waals surface area contributed by atoms with E-state index in [-0.39, 0.29) is 0 Å². The number of nitrogens with two attached hydrogens (primary N) is 1. The minimum absolute atomic E-state index is 0.833. The third kappa shape index (κ3) is 1.97. The number of hydrogen-bond acceptors (Lipinski definition) is 3. The van der Waals surface area contributed by atoms with Crippen molar-refractivity contribution in [2.75, 3.05) is 7.11 Å². The molecule has 1 aromatic carbocycles. The molecular formula is C8H10N2O. The Kier molecular flexibility index (Phi) is 2.49. The fraction of sp³-hybridized carbons (Fsp3) is 0.125. The quantitative estimate of drug-likeness (QED) is 0.388. The summed E-state index contributed by atoms with van der Waals surface area (Å²) in [5, 5.41) is 3.40. The standard InChI is InChI=1S/C8H10N2O/c1-11-8-4-2-7(3-5-8)6-10-9/h2-6H,9H2,1H3/b10-6-. The molecule has 0 spiro atoms. The van der Waals surface area contributed by atoms with E-state index in [1.165, 1.54) is 0 Å². The number of benzene rings is 1. The minimum Gasteiger partial charge on any atom is -0.497 e. The highest BCUT2D eigenvalue weighted by Crippen LogP contribution is 2.09. The minimum atomic E-state index is 0.833. The van der Waals surface area contributed by atoms with Crippen molar-refractivity contribution in [1.29, 1.82) is 0 Å². The van der Waals surface area contributed by atoms with Crippen LogP contribution >= 0.6 is 0 Å². The Morgan fingerprint density at radius 2 is 2.00 bits per heavy atom. The maximum absolute atomic E-state index is 4.97. The molecule has 0 bridgehead atoms. The summed E-state index contributed by atoms with van der Waals surface area (Å²) in [4.78, 5) is 0. The Labute approximate surface area is 65.5 Å². The van der Waals surface area contributed by atoms with Crippen LogP contribution in [0.3, 0.4) is 0 Å². The molecule has 2 N–H and O–H groups in total. The molecule has 11 heavy (non-hydrogen) atoms. The van der Waals surface area contributed by atoms with Gasteiger partial charge >= 0.3 is 0 Å². The number of ether oxygens (including phenoxy) is 1. The van der Waals surface area contributed by atoms with Crippen molar-refractivity contribution in [2.24, 2.45) is 10.9 Å². The Morgan fingerprint density at radius 3 is 2.45 bits per heavy atom. The second kappa shape index (κ2) is 3.61. The fourth-order valence-electron chi connectivity index (χ4n) is 0.776. The topological polar surface area (TPSA) is 47.6 Å². The van der Waals surface area contributed by atoms with E-state index in [0.717, 1.165) is 11.3 Å². The Balaban J connectivity index is 2.82. The Bertz CT molecular complexity index is 241. The average Bonchev–Trinajstić information content (AvgIpc) is 2.07. The molecule has 0 unspecified atom stereocenters. The molecule has 58 valence electrons. The van der Waals surface area contributed by atoms with E-state index < -0.39 is 0 Å².